The first-order valence-corrected chi connectivity index (χ1v) is 8.27. The van der Waals surface area contributed by atoms with E-state index in [-0.39, 0.29) is 6.09 Å². The maximum atomic E-state index is 12.0. The van der Waals surface area contributed by atoms with Crippen LogP contribution in [0, 0.1) is 0 Å². The second kappa shape index (κ2) is 8.42. The molecule has 0 aliphatic rings. The molecule has 2 aromatic rings. The minimum atomic E-state index is -0.352. The number of unbranched alkanes of at least 4 members (excludes halogenated alkanes) is 4. The second-order valence-electron chi connectivity index (χ2n) is 5.72. The Balaban J connectivity index is 2.29. The van der Waals surface area contributed by atoms with Gasteiger partial charge in [-0.15, -0.1) is 0 Å². The summed E-state index contributed by atoms with van der Waals surface area (Å²) in [7, 11) is 3.17. The van der Waals surface area contributed by atoms with E-state index in [1.165, 1.54) is 26.4 Å². The van der Waals surface area contributed by atoms with Crippen molar-refractivity contribution >= 4 is 22.7 Å². The van der Waals surface area contributed by atoms with Crippen LogP contribution in [0.3, 0.4) is 0 Å². The molecule has 4 heteroatoms. The summed E-state index contributed by atoms with van der Waals surface area (Å²) in [5.41, 5.74) is 2.99. The third kappa shape index (κ3) is 4.15. The van der Waals surface area contributed by atoms with E-state index in [2.05, 4.69) is 24.1 Å². The molecule has 1 N–H and O–H groups in total. The molecular formula is C19H26N2O2. The number of carbonyl (C=O) groups excluding carboxylic acids is 1. The molecule has 0 aliphatic heterocycles. The maximum absolute atomic E-state index is 12.0. The van der Waals surface area contributed by atoms with E-state index < -0.39 is 0 Å². The molecule has 0 bridgehead atoms. The van der Waals surface area contributed by atoms with Crippen LogP contribution in [0.5, 0.6) is 0 Å². The first-order valence-electron chi connectivity index (χ1n) is 8.27. The van der Waals surface area contributed by atoms with Gasteiger partial charge in [0.2, 0.25) is 0 Å². The van der Waals surface area contributed by atoms with Crippen LogP contribution in [0.4, 0.5) is 4.79 Å². The number of carbonyl (C=O) groups is 1. The van der Waals surface area contributed by atoms with Gasteiger partial charge in [0.1, 0.15) is 0 Å². The molecule has 0 aliphatic carbocycles. The highest BCUT2D eigenvalue weighted by atomic mass is 16.5. The van der Waals surface area contributed by atoms with Gasteiger partial charge in [0.05, 0.1) is 12.8 Å². The van der Waals surface area contributed by atoms with Crippen molar-refractivity contribution in [1.29, 1.82) is 0 Å². The summed E-state index contributed by atoms with van der Waals surface area (Å²) in [5.74, 6) is 0. The summed E-state index contributed by atoms with van der Waals surface area (Å²) in [6.07, 6.45) is 9.53. The van der Waals surface area contributed by atoms with Crippen LogP contribution >= 0.6 is 0 Å². The van der Waals surface area contributed by atoms with Crippen LogP contribution in [0.25, 0.3) is 16.6 Å². The molecule has 1 heterocycles. The van der Waals surface area contributed by atoms with Crippen LogP contribution in [-0.4, -0.2) is 30.1 Å². The largest absolute Gasteiger partial charge is 0.452 e. The van der Waals surface area contributed by atoms with Crippen LogP contribution in [-0.2, 0) is 4.74 Å². The zero-order chi connectivity index (χ0) is 16.7. The number of methoxy groups -OCH3 is 1. The summed E-state index contributed by atoms with van der Waals surface area (Å²) >= 11 is 0. The number of nitrogens with zero attached hydrogens (tertiary/aromatic N) is 1. The molecule has 23 heavy (non-hydrogen) atoms. The van der Waals surface area contributed by atoms with Crippen molar-refractivity contribution in [2.75, 3.05) is 14.2 Å². The summed E-state index contributed by atoms with van der Waals surface area (Å²) in [6.45, 7) is 2.21. The Morgan fingerprint density at radius 1 is 1.26 bits per heavy atom. The molecule has 124 valence electrons. The van der Waals surface area contributed by atoms with Crippen LogP contribution in [0.15, 0.2) is 36.5 Å². The zero-order valence-electron chi connectivity index (χ0n) is 14.3. The third-order valence-electron chi connectivity index (χ3n) is 4.07. The second-order valence-corrected chi connectivity index (χ2v) is 5.72. The minimum Gasteiger partial charge on any atom is -0.452 e. The molecule has 0 spiro atoms. The van der Waals surface area contributed by atoms with E-state index in [4.69, 9.17) is 4.74 Å². The summed E-state index contributed by atoms with van der Waals surface area (Å²) in [6, 6.07) is 8.12. The fourth-order valence-electron chi connectivity index (χ4n) is 2.76. The number of fused-ring (bicyclic) bond motifs is 1. The summed E-state index contributed by atoms with van der Waals surface area (Å²) < 4.78 is 4.88. The quantitative estimate of drug-likeness (QED) is 0.716. The van der Waals surface area contributed by atoms with Gasteiger partial charge in [-0.05, 0) is 18.9 Å². The number of allylic oxidation sites excluding steroid dienone is 1. The van der Waals surface area contributed by atoms with Gasteiger partial charge in [0, 0.05) is 29.7 Å². The molecule has 2 rings (SSSR count). The molecule has 0 saturated heterocycles. The van der Waals surface area contributed by atoms with Crippen LogP contribution in [0.2, 0.25) is 0 Å². The van der Waals surface area contributed by atoms with E-state index in [0.717, 1.165) is 35.0 Å². The number of hydrogen-bond acceptors (Lipinski definition) is 2. The predicted octanol–water partition coefficient (Wildman–Crippen LogP) is 5.18. The highest BCUT2D eigenvalue weighted by molar-refractivity contribution is 5.95. The highest BCUT2D eigenvalue weighted by Crippen LogP contribution is 2.28. The predicted molar refractivity (Wildman–Crippen MR) is 95.2 cm³/mol. The lowest BCUT2D eigenvalue weighted by atomic mass is 10.1. The highest BCUT2D eigenvalue weighted by Gasteiger charge is 2.18. The van der Waals surface area contributed by atoms with Crippen molar-refractivity contribution in [1.82, 2.24) is 9.88 Å². The monoisotopic (exact) mass is 314 g/mol. The zero-order valence-corrected chi connectivity index (χ0v) is 14.3. The lowest BCUT2D eigenvalue weighted by Gasteiger charge is -2.19. The Hall–Kier alpha value is -2.23. The molecule has 0 unspecified atom stereocenters. The average Bonchev–Trinajstić information content (AvgIpc) is 3.01. The van der Waals surface area contributed by atoms with Crippen molar-refractivity contribution in [3.05, 3.63) is 42.1 Å². The first kappa shape index (κ1) is 17.1. The van der Waals surface area contributed by atoms with Crippen LogP contribution in [0.1, 0.15) is 44.6 Å². The van der Waals surface area contributed by atoms with E-state index >= 15 is 0 Å². The smallest absolute Gasteiger partial charge is 0.413 e. The summed E-state index contributed by atoms with van der Waals surface area (Å²) in [4.78, 5) is 16.8. The Morgan fingerprint density at radius 2 is 2.04 bits per heavy atom. The molecule has 0 atom stereocenters. The Labute approximate surface area is 138 Å². The topological polar surface area (TPSA) is 45.3 Å². The number of aromatic nitrogens is 1. The fourth-order valence-corrected chi connectivity index (χ4v) is 2.76. The Morgan fingerprint density at radius 3 is 2.78 bits per heavy atom. The molecule has 1 aromatic carbocycles. The van der Waals surface area contributed by atoms with E-state index in [1.54, 1.807) is 11.9 Å². The summed E-state index contributed by atoms with van der Waals surface area (Å²) in [5, 5.41) is 1.11. The van der Waals surface area contributed by atoms with Gasteiger partial charge in [-0.1, -0.05) is 50.5 Å². The molecule has 1 aromatic heterocycles. The number of benzene rings is 1. The maximum Gasteiger partial charge on any atom is 0.413 e. The molecule has 0 radical (unpaired) electrons. The van der Waals surface area contributed by atoms with Gasteiger partial charge in [-0.3, -0.25) is 4.90 Å². The average molecular weight is 314 g/mol. The van der Waals surface area contributed by atoms with Gasteiger partial charge >= 0.3 is 6.09 Å². The van der Waals surface area contributed by atoms with Gasteiger partial charge in [0.25, 0.3) is 0 Å². The van der Waals surface area contributed by atoms with Crippen molar-refractivity contribution in [2.24, 2.45) is 0 Å². The standard InChI is InChI=1S/C19H26N2O2/c1-4-5-6-7-8-13-18(21(2)19(22)23-3)16-14-20-17-12-10-9-11-15(16)17/h9-14,20H,4-8H2,1-3H3/b18-13-. The molecule has 1 amide bonds. The van der Waals surface area contributed by atoms with Gasteiger partial charge in [-0.25, -0.2) is 4.79 Å². The van der Waals surface area contributed by atoms with Crippen molar-refractivity contribution in [3.63, 3.8) is 0 Å². The van der Waals surface area contributed by atoms with Gasteiger partial charge in [-0.2, -0.15) is 0 Å². The van der Waals surface area contributed by atoms with Crippen molar-refractivity contribution < 1.29 is 9.53 Å². The first-order chi connectivity index (χ1) is 11.2. The molecule has 0 fully saturated rings. The van der Waals surface area contributed by atoms with Gasteiger partial charge in [0.15, 0.2) is 0 Å². The van der Waals surface area contributed by atoms with E-state index in [1.807, 2.05) is 24.4 Å². The number of ether oxygens (including phenoxy) is 1. The molecule has 4 nitrogen and oxygen atoms in total. The molecule has 0 saturated carbocycles. The number of nitrogens with one attached hydrogen (secondary N) is 1. The third-order valence-corrected chi connectivity index (χ3v) is 4.07. The number of H-pyrrole nitrogens is 1. The van der Waals surface area contributed by atoms with Crippen LogP contribution < -0.4 is 0 Å². The fraction of sp³-hybridized carbons (Fsp3) is 0.421. The lowest BCUT2D eigenvalue weighted by Crippen LogP contribution is -2.25. The van der Waals surface area contributed by atoms with Crippen molar-refractivity contribution in [3.8, 4) is 0 Å². The van der Waals surface area contributed by atoms with E-state index in [9.17, 15) is 4.79 Å². The number of para-hydroxylation sites is 1. The SMILES string of the molecule is CCCCCC/C=C(/c1c[nH]c2ccccc12)N(C)C(=O)OC. The van der Waals surface area contributed by atoms with E-state index in [0.29, 0.717) is 0 Å². The minimum absolute atomic E-state index is 0.352. The number of aromatic amines is 1. The normalized spacial score (nSPS) is 11.7. The molecular weight excluding hydrogens is 288 g/mol. The van der Waals surface area contributed by atoms with Gasteiger partial charge < -0.3 is 9.72 Å². The van der Waals surface area contributed by atoms with Crippen molar-refractivity contribution in [2.45, 2.75) is 39.0 Å². The Kier molecular flexibility index (Phi) is 6.27. The number of amides is 1. The number of rotatable bonds is 7. The Bertz CT molecular complexity index is 673. The number of hydrogen-bond donors (Lipinski definition) is 1. The lowest BCUT2D eigenvalue weighted by molar-refractivity contribution is 0.149.